The van der Waals surface area contributed by atoms with Crippen LogP contribution in [-0.2, 0) is 9.47 Å². The van der Waals surface area contributed by atoms with E-state index in [9.17, 15) is 0 Å². The Morgan fingerprint density at radius 1 is 1.38 bits per heavy atom. The molecule has 0 aromatic rings. The number of ether oxygens (including phenoxy) is 2. The van der Waals surface area contributed by atoms with Gasteiger partial charge < -0.3 is 19.7 Å². The summed E-state index contributed by atoms with van der Waals surface area (Å²) in [6.07, 6.45) is 3.92. The summed E-state index contributed by atoms with van der Waals surface area (Å²) in [7, 11) is 5.90. The zero-order chi connectivity index (χ0) is 11.8. The summed E-state index contributed by atoms with van der Waals surface area (Å²) in [5, 5.41) is 3.48. The average Bonchev–Trinajstić information content (AvgIpc) is 3.04. The molecule has 1 saturated carbocycles. The molecule has 1 N–H and O–H groups in total. The molecule has 4 heteroatoms. The van der Waals surface area contributed by atoms with Crippen molar-refractivity contribution in [2.45, 2.75) is 31.4 Å². The molecule has 0 radical (unpaired) electrons. The maximum atomic E-state index is 5.80. The molecule has 0 spiro atoms. The molecule has 96 valence electrons. The lowest BCUT2D eigenvalue weighted by atomic mass is 10.3. The van der Waals surface area contributed by atoms with Crippen LogP contribution in [0.3, 0.4) is 0 Å². The zero-order valence-electron chi connectivity index (χ0n) is 10.9. The van der Waals surface area contributed by atoms with E-state index in [1.807, 2.05) is 0 Å². The summed E-state index contributed by atoms with van der Waals surface area (Å²) < 4.78 is 11.0. The maximum absolute atomic E-state index is 5.80. The first kappa shape index (κ1) is 13.9. The highest BCUT2D eigenvalue weighted by molar-refractivity contribution is 4.82. The van der Waals surface area contributed by atoms with Gasteiger partial charge in [0.2, 0.25) is 0 Å². The number of hydrogen-bond donors (Lipinski definition) is 1. The quantitative estimate of drug-likeness (QED) is 0.561. The Bertz CT molecular complexity index is 172. The molecule has 0 saturated heterocycles. The van der Waals surface area contributed by atoms with E-state index in [-0.39, 0.29) is 6.10 Å². The van der Waals surface area contributed by atoms with Crippen LogP contribution in [-0.4, -0.2) is 64.6 Å². The van der Waals surface area contributed by atoms with Crippen molar-refractivity contribution in [3.63, 3.8) is 0 Å². The molecule has 1 fully saturated rings. The third-order valence-electron chi connectivity index (χ3n) is 2.67. The first-order valence-electron chi connectivity index (χ1n) is 6.21. The molecule has 1 rings (SSSR count). The molecular formula is C12H26N2O2. The van der Waals surface area contributed by atoms with Crippen LogP contribution in [0.25, 0.3) is 0 Å². The lowest BCUT2D eigenvalue weighted by Gasteiger charge is -2.18. The van der Waals surface area contributed by atoms with Gasteiger partial charge in [-0.05, 0) is 39.9 Å². The second kappa shape index (κ2) is 8.01. The Labute approximate surface area is 99.3 Å². The first-order chi connectivity index (χ1) is 7.72. The van der Waals surface area contributed by atoms with Crippen LogP contribution in [0.1, 0.15) is 19.3 Å². The van der Waals surface area contributed by atoms with Crippen molar-refractivity contribution < 1.29 is 9.47 Å². The van der Waals surface area contributed by atoms with Gasteiger partial charge in [-0.1, -0.05) is 0 Å². The third-order valence-corrected chi connectivity index (χ3v) is 2.67. The summed E-state index contributed by atoms with van der Waals surface area (Å²) >= 11 is 0. The summed E-state index contributed by atoms with van der Waals surface area (Å²) in [5.74, 6) is 0. The second-order valence-electron chi connectivity index (χ2n) is 4.79. The molecule has 4 nitrogen and oxygen atoms in total. The molecule has 1 unspecified atom stereocenters. The fraction of sp³-hybridized carbons (Fsp3) is 1.00. The Hall–Kier alpha value is -0.160. The Morgan fingerprint density at radius 2 is 2.12 bits per heavy atom. The minimum Gasteiger partial charge on any atom is -0.382 e. The average molecular weight is 230 g/mol. The number of rotatable bonds is 10. The van der Waals surface area contributed by atoms with Gasteiger partial charge in [0.1, 0.15) is 0 Å². The van der Waals surface area contributed by atoms with Crippen molar-refractivity contribution in [2.75, 3.05) is 47.5 Å². The molecule has 0 heterocycles. The summed E-state index contributed by atoms with van der Waals surface area (Å²) in [6.45, 7) is 3.50. The van der Waals surface area contributed by atoms with E-state index < -0.39 is 0 Å². The van der Waals surface area contributed by atoms with E-state index in [1.54, 1.807) is 7.11 Å². The largest absolute Gasteiger partial charge is 0.382 e. The van der Waals surface area contributed by atoms with E-state index in [0.29, 0.717) is 6.61 Å². The maximum Gasteiger partial charge on any atom is 0.0932 e. The van der Waals surface area contributed by atoms with Crippen LogP contribution in [0, 0.1) is 0 Å². The fourth-order valence-corrected chi connectivity index (χ4v) is 1.57. The minimum absolute atomic E-state index is 0.202. The first-order valence-corrected chi connectivity index (χ1v) is 6.21. The third kappa shape index (κ3) is 7.17. The Balaban J connectivity index is 2.01. The van der Waals surface area contributed by atoms with Gasteiger partial charge in [-0.2, -0.15) is 0 Å². The zero-order valence-corrected chi connectivity index (χ0v) is 10.9. The van der Waals surface area contributed by atoms with Crippen LogP contribution < -0.4 is 5.32 Å². The van der Waals surface area contributed by atoms with E-state index in [2.05, 4.69) is 24.3 Å². The lowest BCUT2D eigenvalue weighted by molar-refractivity contribution is -0.00340. The van der Waals surface area contributed by atoms with Gasteiger partial charge in [0.25, 0.3) is 0 Å². The standard InChI is InChI=1S/C12H26N2O2/c1-14(2)7-4-8-16-12(10-15-3)9-13-11-5-6-11/h11-13H,4-10H2,1-3H3. The molecule has 0 bridgehead atoms. The van der Waals surface area contributed by atoms with Gasteiger partial charge in [0, 0.05) is 26.3 Å². The lowest BCUT2D eigenvalue weighted by Crippen LogP contribution is -2.34. The normalized spacial score (nSPS) is 18.0. The fourth-order valence-electron chi connectivity index (χ4n) is 1.57. The SMILES string of the molecule is COCC(CNC1CC1)OCCCN(C)C. The molecule has 1 aliphatic rings. The predicted octanol–water partition coefficient (Wildman–Crippen LogP) is 0.722. The highest BCUT2D eigenvalue weighted by Gasteiger charge is 2.21. The summed E-state index contributed by atoms with van der Waals surface area (Å²) in [5.41, 5.74) is 0. The highest BCUT2D eigenvalue weighted by Crippen LogP contribution is 2.18. The van der Waals surface area contributed by atoms with E-state index in [0.717, 1.165) is 32.2 Å². The van der Waals surface area contributed by atoms with Crippen molar-refractivity contribution in [2.24, 2.45) is 0 Å². The van der Waals surface area contributed by atoms with Gasteiger partial charge in [-0.3, -0.25) is 0 Å². The number of hydrogen-bond acceptors (Lipinski definition) is 4. The monoisotopic (exact) mass is 230 g/mol. The van der Waals surface area contributed by atoms with E-state index in [4.69, 9.17) is 9.47 Å². The Kier molecular flexibility index (Phi) is 6.96. The van der Waals surface area contributed by atoms with E-state index >= 15 is 0 Å². The number of nitrogens with zero attached hydrogens (tertiary/aromatic N) is 1. The molecule has 0 amide bonds. The van der Waals surface area contributed by atoms with Gasteiger partial charge in [-0.15, -0.1) is 0 Å². The van der Waals surface area contributed by atoms with Gasteiger partial charge >= 0.3 is 0 Å². The topological polar surface area (TPSA) is 33.7 Å². The summed E-state index contributed by atoms with van der Waals surface area (Å²) in [4.78, 5) is 2.18. The number of methoxy groups -OCH3 is 1. The van der Waals surface area contributed by atoms with Gasteiger partial charge in [0.05, 0.1) is 12.7 Å². The van der Waals surface area contributed by atoms with Crippen molar-refractivity contribution >= 4 is 0 Å². The van der Waals surface area contributed by atoms with Crippen molar-refractivity contribution in [3.05, 3.63) is 0 Å². The van der Waals surface area contributed by atoms with Gasteiger partial charge in [-0.25, -0.2) is 0 Å². The predicted molar refractivity (Wildman–Crippen MR) is 65.8 cm³/mol. The molecule has 0 aliphatic heterocycles. The summed E-state index contributed by atoms with van der Waals surface area (Å²) in [6, 6.07) is 0.740. The van der Waals surface area contributed by atoms with Crippen molar-refractivity contribution in [1.82, 2.24) is 10.2 Å². The van der Waals surface area contributed by atoms with Crippen LogP contribution >= 0.6 is 0 Å². The van der Waals surface area contributed by atoms with Crippen molar-refractivity contribution in [1.29, 1.82) is 0 Å². The highest BCUT2D eigenvalue weighted by atomic mass is 16.5. The van der Waals surface area contributed by atoms with Crippen LogP contribution in [0.15, 0.2) is 0 Å². The smallest absolute Gasteiger partial charge is 0.0932 e. The molecular weight excluding hydrogens is 204 g/mol. The van der Waals surface area contributed by atoms with Crippen molar-refractivity contribution in [3.8, 4) is 0 Å². The van der Waals surface area contributed by atoms with E-state index in [1.165, 1.54) is 12.8 Å². The number of nitrogens with one attached hydrogen (secondary N) is 1. The molecule has 1 aliphatic carbocycles. The molecule has 0 aromatic carbocycles. The Morgan fingerprint density at radius 3 is 2.69 bits per heavy atom. The second-order valence-corrected chi connectivity index (χ2v) is 4.79. The van der Waals surface area contributed by atoms with Crippen LogP contribution in [0.4, 0.5) is 0 Å². The molecule has 16 heavy (non-hydrogen) atoms. The van der Waals surface area contributed by atoms with Crippen LogP contribution in [0.5, 0.6) is 0 Å². The minimum atomic E-state index is 0.202. The van der Waals surface area contributed by atoms with Crippen LogP contribution in [0.2, 0.25) is 0 Å². The molecule has 1 atom stereocenters. The molecule has 0 aromatic heterocycles. The van der Waals surface area contributed by atoms with Gasteiger partial charge in [0.15, 0.2) is 0 Å².